The molecular weight excluding hydrogens is 350 g/mol. The van der Waals surface area contributed by atoms with Gasteiger partial charge < -0.3 is 4.74 Å². The van der Waals surface area contributed by atoms with Crippen LogP contribution in [0.4, 0.5) is 5.69 Å². The zero-order valence-electron chi connectivity index (χ0n) is 14.2. The Morgan fingerprint density at radius 3 is 2.67 bits per heavy atom. The second-order valence-electron chi connectivity index (χ2n) is 5.67. The molecule has 0 atom stereocenters. The summed E-state index contributed by atoms with van der Waals surface area (Å²) in [5.41, 5.74) is 1.63. The predicted molar refractivity (Wildman–Crippen MR) is 97.5 cm³/mol. The number of carbonyl (C=O) groups is 1. The lowest BCUT2D eigenvalue weighted by molar-refractivity contribution is 0.0528. The topological polar surface area (TPSA) is 108 Å². The molecule has 1 aromatic carbocycles. The zero-order valence-corrected chi connectivity index (χ0v) is 14.2. The van der Waals surface area contributed by atoms with E-state index in [0.29, 0.717) is 22.2 Å². The van der Waals surface area contributed by atoms with Crippen molar-refractivity contribution in [1.82, 2.24) is 19.2 Å². The number of ether oxygens (including phenoxy) is 1. The number of hydrogen-bond donors (Lipinski definition) is 0. The minimum atomic E-state index is -0.517. The van der Waals surface area contributed by atoms with Gasteiger partial charge in [0.2, 0.25) is 0 Å². The summed E-state index contributed by atoms with van der Waals surface area (Å²) in [6.45, 7) is 1.96. The third-order valence-corrected chi connectivity index (χ3v) is 4.12. The van der Waals surface area contributed by atoms with Gasteiger partial charge in [0.15, 0.2) is 5.65 Å². The highest BCUT2D eigenvalue weighted by Gasteiger charge is 2.17. The highest BCUT2D eigenvalue weighted by molar-refractivity contribution is 5.96. The van der Waals surface area contributed by atoms with Gasteiger partial charge in [0.25, 0.3) is 5.56 Å². The van der Waals surface area contributed by atoms with E-state index in [1.807, 2.05) is 0 Å². The van der Waals surface area contributed by atoms with E-state index in [-0.39, 0.29) is 23.4 Å². The third kappa shape index (κ3) is 2.65. The molecule has 0 bridgehead atoms. The summed E-state index contributed by atoms with van der Waals surface area (Å²) in [6.07, 6.45) is 4.38. The van der Waals surface area contributed by atoms with Crippen molar-refractivity contribution in [3.63, 3.8) is 0 Å². The number of nitroso groups, excluding NO2 is 1. The summed E-state index contributed by atoms with van der Waals surface area (Å²) >= 11 is 0. The molecule has 0 fully saturated rings. The molecule has 0 spiro atoms. The van der Waals surface area contributed by atoms with Crippen LogP contribution in [0.1, 0.15) is 17.3 Å². The van der Waals surface area contributed by atoms with Crippen molar-refractivity contribution in [3.05, 3.63) is 69.7 Å². The van der Waals surface area contributed by atoms with Crippen molar-refractivity contribution < 1.29 is 9.53 Å². The lowest BCUT2D eigenvalue weighted by Crippen LogP contribution is -2.18. The van der Waals surface area contributed by atoms with E-state index < -0.39 is 5.97 Å². The van der Waals surface area contributed by atoms with Crippen molar-refractivity contribution in [1.29, 1.82) is 0 Å². The van der Waals surface area contributed by atoms with Crippen molar-refractivity contribution in [2.75, 3.05) is 6.61 Å². The van der Waals surface area contributed by atoms with Gasteiger partial charge in [-0.3, -0.25) is 9.36 Å². The Balaban J connectivity index is 1.89. The van der Waals surface area contributed by atoms with Gasteiger partial charge in [0.1, 0.15) is 11.3 Å². The number of hydrogen-bond acceptors (Lipinski definition) is 7. The van der Waals surface area contributed by atoms with Crippen molar-refractivity contribution in [2.24, 2.45) is 5.18 Å². The lowest BCUT2D eigenvalue weighted by atomic mass is 10.2. The quantitative estimate of drug-likeness (QED) is 0.407. The van der Waals surface area contributed by atoms with E-state index >= 15 is 0 Å². The smallest absolute Gasteiger partial charge is 0.343 e. The van der Waals surface area contributed by atoms with Gasteiger partial charge in [-0.25, -0.2) is 14.3 Å². The minimum Gasteiger partial charge on any atom is -0.462 e. The average Bonchev–Trinajstić information content (AvgIpc) is 3.13. The molecule has 0 aliphatic heterocycles. The first-order chi connectivity index (χ1) is 13.1. The van der Waals surface area contributed by atoms with Crippen LogP contribution < -0.4 is 5.56 Å². The van der Waals surface area contributed by atoms with Crippen LogP contribution >= 0.6 is 0 Å². The predicted octanol–water partition coefficient (Wildman–Crippen LogP) is 2.61. The largest absolute Gasteiger partial charge is 0.462 e. The van der Waals surface area contributed by atoms with Gasteiger partial charge in [-0.2, -0.15) is 5.10 Å². The van der Waals surface area contributed by atoms with E-state index in [2.05, 4.69) is 15.3 Å². The standard InChI is InChI=1S/C18H13N5O4/c1-2-27-18(25)14-10-20-23-15-7-8-22(12-5-3-11(21-26)4-6-12)17(24)13(15)9-19-16(14)23/h3-10H,2H2,1H3. The number of benzene rings is 1. The van der Waals surface area contributed by atoms with Crippen LogP contribution in [0, 0.1) is 4.91 Å². The molecule has 4 aromatic rings. The first kappa shape index (κ1) is 16.6. The molecule has 0 aliphatic carbocycles. The molecule has 0 saturated heterocycles. The Hall–Kier alpha value is -3.88. The fourth-order valence-electron chi connectivity index (χ4n) is 2.85. The summed E-state index contributed by atoms with van der Waals surface area (Å²) in [6, 6.07) is 8.02. The van der Waals surface area contributed by atoms with E-state index in [1.54, 1.807) is 31.3 Å². The average molecular weight is 363 g/mol. The summed E-state index contributed by atoms with van der Waals surface area (Å²) in [4.78, 5) is 39.6. The Bertz CT molecular complexity index is 1240. The van der Waals surface area contributed by atoms with Crippen LogP contribution in [-0.4, -0.2) is 31.7 Å². The SMILES string of the molecule is CCOC(=O)c1cnn2c1ncc1c(=O)n(-c3ccc(N=O)cc3)ccc12. The number of nitrogens with zero attached hydrogens (tertiary/aromatic N) is 5. The third-order valence-electron chi connectivity index (χ3n) is 4.12. The monoisotopic (exact) mass is 363 g/mol. The van der Waals surface area contributed by atoms with Gasteiger partial charge in [-0.05, 0) is 42.4 Å². The maximum absolute atomic E-state index is 12.9. The molecular formula is C18H13N5O4. The summed E-state index contributed by atoms with van der Waals surface area (Å²) in [5, 5.41) is 7.35. The summed E-state index contributed by atoms with van der Waals surface area (Å²) < 4.78 is 7.87. The molecule has 0 amide bonds. The molecule has 0 radical (unpaired) electrons. The number of carbonyl (C=O) groups excluding carboxylic acids is 1. The Kier molecular flexibility index (Phi) is 3.96. The highest BCUT2D eigenvalue weighted by atomic mass is 16.5. The van der Waals surface area contributed by atoms with Gasteiger partial charge >= 0.3 is 5.97 Å². The molecule has 134 valence electrons. The second kappa shape index (κ2) is 6.45. The number of rotatable bonds is 4. The molecule has 9 nitrogen and oxygen atoms in total. The molecule has 27 heavy (non-hydrogen) atoms. The Morgan fingerprint density at radius 2 is 1.96 bits per heavy atom. The maximum atomic E-state index is 12.9. The number of aromatic nitrogens is 4. The molecule has 3 aromatic heterocycles. The normalized spacial score (nSPS) is 11.0. The number of fused-ring (bicyclic) bond motifs is 3. The molecule has 4 rings (SSSR count). The van der Waals surface area contributed by atoms with Gasteiger partial charge in [-0.15, -0.1) is 4.91 Å². The van der Waals surface area contributed by atoms with Crippen LogP contribution in [0.25, 0.3) is 22.2 Å². The number of esters is 1. The zero-order chi connectivity index (χ0) is 19.0. The van der Waals surface area contributed by atoms with Crippen molar-refractivity contribution >= 4 is 28.2 Å². The van der Waals surface area contributed by atoms with E-state index in [9.17, 15) is 14.5 Å². The van der Waals surface area contributed by atoms with Crippen LogP contribution in [0.2, 0.25) is 0 Å². The van der Waals surface area contributed by atoms with E-state index in [1.165, 1.54) is 33.6 Å². The first-order valence-corrected chi connectivity index (χ1v) is 8.13. The minimum absolute atomic E-state index is 0.236. The van der Waals surface area contributed by atoms with Crippen LogP contribution in [0.3, 0.4) is 0 Å². The molecule has 0 N–H and O–H groups in total. The Labute approximate surface area is 151 Å². The van der Waals surface area contributed by atoms with E-state index in [4.69, 9.17) is 4.74 Å². The fraction of sp³-hybridized carbons (Fsp3) is 0.111. The molecule has 0 unspecified atom stereocenters. The van der Waals surface area contributed by atoms with Gasteiger partial charge in [0.05, 0.1) is 23.7 Å². The Morgan fingerprint density at radius 1 is 1.19 bits per heavy atom. The summed E-state index contributed by atoms with van der Waals surface area (Å²) in [7, 11) is 0. The van der Waals surface area contributed by atoms with E-state index in [0.717, 1.165) is 0 Å². The van der Waals surface area contributed by atoms with Crippen LogP contribution in [-0.2, 0) is 4.74 Å². The second-order valence-corrected chi connectivity index (χ2v) is 5.67. The van der Waals surface area contributed by atoms with Crippen molar-refractivity contribution in [2.45, 2.75) is 6.92 Å². The van der Waals surface area contributed by atoms with Crippen LogP contribution in [0.15, 0.2) is 58.9 Å². The molecule has 0 saturated carbocycles. The van der Waals surface area contributed by atoms with Crippen molar-refractivity contribution in [3.8, 4) is 5.69 Å². The van der Waals surface area contributed by atoms with Crippen LogP contribution in [0.5, 0.6) is 0 Å². The first-order valence-electron chi connectivity index (χ1n) is 8.13. The number of pyridine rings is 1. The van der Waals surface area contributed by atoms with Gasteiger partial charge in [0, 0.05) is 18.1 Å². The molecule has 3 heterocycles. The molecule has 0 aliphatic rings. The highest BCUT2D eigenvalue weighted by Crippen LogP contribution is 2.18. The molecule has 9 heteroatoms. The maximum Gasteiger partial charge on any atom is 0.343 e. The van der Waals surface area contributed by atoms with Gasteiger partial charge in [-0.1, -0.05) is 0 Å². The summed E-state index contributed by atoms with van der Waals surface area (Å²) in [5.74, 6) is -0.517. The fourth-order valence-corrected chi connectivity index (χ4v) is 2.85. The lowest BCUT2D eigenvalue weighted by Gasteiger charge is -2.08.